The summed E-state index contributed by atoms with van der Waals surface area (Å²) in [7, 11) is 0. The Morgan fingerprint density at radius 2 is 1.84 bits per heavy atom. The van der Waals surface area contributed by atoms with Gasteiger partial charge in [0.05, 0.1) is 5.69 Å². The lowest BCUT2D eigenvalue weighted by Gasteiger charge is -2.25. The minimum absolute atomic E-state index is 0.159. The van der Waals surface area contributed by atoms with Crippen LogP contribution in [0.3, 0.4) is 0 Å². The number of thioether (sulfide) groups is 1. The molecular formula is C21H23N7O2S2. The van der Waals surface area contributed by atoms with Crippen molar-refractivity contribution < 1.29 is 0 Å². The summed E-state index contributed by atoms with van der Waals surface area (Å²) < 4.78 is 3.03. The molecule has 0 amide bonds. The highest BCUT2D eigenvalue weighted by Crippen LogP contribution is 2.41. The molecule has 2 saturated carbocycles. The third kappa shape index (κ3) is 3.77. The molecular weight excluding hydrogens is 446 g/mol. The number of nitrogens with zero attached hydrogens (tertiary/aromatic N) is 6. The van der Waals surface area contributed by atoms with Crippen molar-refractivity contribution >= 4 is 33.7 Å². The first kappa shape index (κ1) is 20.1. The van der Waals surface area contributed by atoms with E-state index < -0.39 is 0 Å². The fraction of sp³-hybridized carbons (Fsp3) is 0.524. The maximum absolute atomic E-state index is 12.5. The van der Waals surface area contributed by atoms with Gasteiger partial charge in [0.1, 0.15) is 10.8 Å². The Hall–Kier alpha value is -2.53. The van der Waals surface area contributed by atoms with Crippen LogP contribution in [0.2, 0.25) is 0 Å². The highest BCUT2D eigenvalue weighted by atomic mass is 32.2. The molecule has 4 heterocycles. The Morgan fingerprint density at radius 1 is 1.06 bits per heavy atom. The van der Waals surface area contributed by atoms with Crippen molar-refractivity contribution in [2.24, 2.45) is 5.92 Å². The molecule has 0 atom stereocenters. The van der Waals surface area contributed by atoms with Gasteiger partial charge in [0.2, 0.25) is 4.96 Å². The van der Waals surface area contributed by atoms with Crippen LogP contribution >= 0.6 is 23.1 Å². The van der Waals surface area contributed by atoms with Crippen LogP contribution in [0.1, 0.15) is 73.8 Å². The van der Waals surface area contributed by atoms with E-state index >= 15 is 0 Å². The summed E-state index contributed by atoms with van der Waals surface area (Å²) in [5, 5.41) is 8.88. The first-order chi connectivity index (χ1) is 15.5. The number of H-pyrrole nitrogens is 1. The monoisotopic (exact) mass is 469 g/mol. The van der Waals surface area contributed by atoms with Gasteiger partial charge in [-0.05, 0) is 31.6 Å². The molecule has 4 aromatic heterocycles. The summed E-state index contributed by atoms with van der Waals surface area (Å²) in [6, 6.07) is 3.05. The molecule has 0 radical (unpaired) electrons. The van der Waals surface area contributed by atoms with Gasteiger partial charge in [-0.15, -0.1) is 0 Å². The van der Waals surface area contributed by atoms with Crippen LogP contribution < -0.4 is 11.1 Å². The minimum atomic E-state index is -0.203. The quantitative estimate of drug-likeness (QED) is 0.446. The number of rotatable bonds is 5. The van der Waals surface area contributed by atoms with Gasteiger partial charge in [-0.2, -0.15) is 9.61 Å². The lowest BCUT2D eigenvalue weighted by molar-refractivity contribution is 0.338. The third-order valence-corrected chi connectivity index (χ3v) is 8.36. The van der Waals surface area contributed by atoms with Crippen molar-refractivity contribution in [2.75, 3.05) is 0 Å². The molecule has 0 spiro atoms. The summed E-state index contributed by atoms with van der Waals surface area (Å²) in [4.78, 5) is 39.3. The van der Waals surface area contributed by atoms with Crippen molar-refractivity contribution in [2.45, 2.75) is 68.2 Å². The van der Waals surface area contributed by atoms with Crippen molar-refractivity contribution in [3.8, 4) is 0 Å². The van der Waals surface area contributed by atoms with Crippen molar-refractivity contribution in [3.05, 3.63) is 49.4 Å². The number of hydrogen-bond donors (Lipinski definition) is 1. The molecule has 166 valence electrons. The predicted octanol–water partition coefficient (Wildman–Crippen LogP) is 3.35. The van der Waals surface area contributed by atoms with Gasteiger partial charge in [0.25, 0.3) is 11.1 Å². The fourth-order valence-corrected chi connectivity index (χ4v) is 6.22. The smallest absolute Gasteiger partial charge is 0.268 e. The van der Waals surface area contributed by atoms with Crippen LogP contribution in [0, 0.1) is 5.92 Å². The first-order valence-corrected chi connectivity index (χ1v) is 12.9. The average molecular weight is 470 g/mol. The van der Waals surface area contributed by atoms with Crippen LogP contribution in [0.15, 0.2) is 26.9 Å². The van der Waals surface area contributed by atoms with E-state index in [4.69, 9.17) is 4.98 Å². The van der Waals surface area contributed by atoms with E-state index in [1.165, 1.54) is 52.6 Å². The largest absolute Gasteiger partial charge is 0.275 e. The van der Waals surface area contributed by atoms with Crippen LogP contribution in [-0.4, -0.2) is 34.2 Å². The van der Waals surface area contributed by atoms with Gasteiger partial charge in [-0.1, -0.05) is 42.9 Å². The second kappa shape index (κ2) is 7.80. The minimum Gasteiger partial charge on any atom is -0.268 e. The second-order valence-electron chi connectivity index (χ2n) is 8.92. The Balaban J connectivity index is 1.31. The van der Waals surface area contributed by atoms with Crippen LogP contribution in [-0.2, 0) is 5.75 Å². The molecule has 0 bridgehead atoms. The van der Waals surface area contributed by atoms with E-state index in [9.17, 15) is 9.59 Å². The lowest BCUT2D eigenvalue weighted by Crippen LogP contribution is -2.16. The van der Waals surface area contributed by atoms with Gasteiger partial charge in [0.15, 0.2) is 10.8 Å². The summed E-state index contributed by atoms with van der Waals surface area (Å²) in [6.07, 6.45) is 6.76. The normalized spacial score (nSPS) is 21.5. The van der Waals surface area contributed by atoms with Crippen LogP contribution in [0.25, 0.3) is 10.6 Å². The number of aromatic amines is 1. The van der Waals surface area contributed by atoms with E-state index in [1.54, 1.807) is 4.52 Å². The zero-order valence-corrected chi connectivity index (χ0v) is 19.3. The molecule has 11 heteroatoms. The molecule has 2 fully saturated rings. The molecule has 2 aliphatic rings. The number of nitrogens with one attached hydrogen (secondary N) is 1. The third-order valence-electron chi connectivity index (χ3n) is 6.31. The predicted molar refractivity (Wildman–Crippen MR) is 123 cm³/mol. The van der Waals surface area contributed by atoms with Crippen molar-refractivity contribution in [1.82, 2.24) is 34.2 Å². The second-order valence-corrected chi connectivity index (χ2v) is 10.8. The van der Waals surface area contributed by atoms with Gasteiger partial charge in [-0.25, -0.2) is 19.5 Å². The first-order valence-electron chi connectivity index (χ1n) is 11.1. The van der Waals surface area contributed by atoms with Crippen molar-refractivity contribution in [3.63, 3.8) is 0 Å². The average Bonchev–Trinajstić information content (AvgIpc) is 3.42. The Kier molecular flexibility index (Phi) is 4.90. The Labute approximate surface area is 191 Å². The highest BCUT2D eigenvalue weighted by Gasteiger charge is 2.28. The zero-order chi connectivity index (χ0) is 21.8. The molecule has 6 rings (SSSR count). The summed E-state index contributed by atoms with van der Waals surface area (Å²) >= 11 is 2.95. The summed E-state index contributed by atoms with van der Waals surface area (Å²) in [5.41, 5.74) is 0.903. The molecule has 32 heavy (non-hydrogen) atoms. The molecule has 1 N–H and O–H groups in total. The topological polar surface area (TPSA) is 110 Å². The van der Waals surface area contributed by atoms with E-state index in [1.807, 2.05) is 0 Å². The van der Waals surface area contributed by atoms with E-state index in [2.05, 4.69) is 27.1 Å². The number of fused-ring (bicyclic) bond motifs is 2. The van der Waals surface area contributed by atoms with E-state index in [-0.39, 0.29) is 11.1 Å². The fourth-order valence-electron chi connectivity index (χ4n) is 4.28. The van der Waals surface area contributed by atoms with Crippen LogP contribution in [0.4, 0.5) is 0 Å². The molecule has 0 unspecified atom stereocenters. The van der Waals surface area contributed by atoms with Gasteiger partial charge in [-0.3, -0.25) is 14.7 Å². The molecule has 4 aromatic rings. The molecule has 0 aromatic carbocycles. The maximum Gasteiger partial charge on any atom is 0.275 e. The van der Waals surface area contributed by atoms with Crippen LogP contribution in [0.5, 0.6) is 0 Å². The zero-order valence-electron chi connectivity index (χ0n) is 17.7. The molecule has 0 saturated heterocycles. The molecule has 2 aliphatic carbocycles. The lowest BCUT2D eigenvalue weighted by atomic mass is 9.82. The van der Waals surface area contributed by atoms with Gasteiger partial charge in [0, 0.05) is 29.7 Å². The number of hydrogen-bond acceptors (Lipinski definition) is 8. The SMILES string of the molecule is CC1CCC(c2nc(SCc3cc(=O)n4nc(C5CC5)sc4n3)n3[nH]c(=O)cc3n2)CC1. The Morgan fingerprint density at radius 3 is 2.62 bits per heavy atom. The maximum atomic E-state index is 12.5. The van der Waals surface area contributed by atoms with E-state index in [0.29, 0.717) is 39.0 Å². The van der Waals surface area contributed by atoms with E-state index in [0.717, 1.165) is 42.4 Å². The van der Waals surface area contributed by atoms with Crippen molar-refractivity contribution in [1.29, 1.82) is 0 Å². The summed E-state index contributed by atoms with van der Waals surface area (Å²) in [6.45, 7) is 2.29. The summed E-state index contributed by atoms with van der Waals surface area (Å²) in [5.74, 6) is 2.82. The standard InChI is InChI=1S/C21H23N7O2S2/c1-11-2-4-12(5-3-11)18-23-15-9-16(29)25-27(15)20(24-18)31-10-14-8-17(30)28-21(22-14)32-19(26-28)13-6-7-13/h8-9,11-13H,2-7,10H2,1H3,(H,25,29). The molecule has 0 aliphatic heterocycles. The van der Waals surface area contributed by atoms with Gasteiger partial charge >= 0.3 is 0 Å². The number of aromatic nitrogens is 7. The Bertz CT molecular complexity index is 1420. The van der Waals surface area contributed by atoms with Gasteiger partial charge < -0.3 is 0 Å². The highest BCUT2D eigenvalue weighted by molar-refractivity contribution is 7.98. The molecule has 9 nitrogen and oxygen atoms in total.